The third-order valence-electron chi connectivity index (χ3n) is 5.61. The molecule has 0 bridgehead atoms. The minimum absolute atomic E-state index is 0.212. The van der Waals surface area contributed by atoms with E-state index in [0.717, 1.165) is 73.4 Å². The molecule has 0 saturated heterocycles. The van der Waals surface area contributed by atoms with Gasteiger partial charge in [0.15, 0.2) is 11.8 Å². The number of ether oxygens (including phenoxy) is 2. The molecule has 2 atom stereocenters. The van der Waals surface area contributed by atoms with Gasteiger partial charge < -0.3 is 20.1 Å². The SMILES string of the molecule is CCNC(=NCc1cc2c(cc1OC)CC(C)O2)NC1CCc2nc(CC)nn2C1. The zero-order chi connectivity index (χ0) is 21.1. The second kappa shape index (κ2) is 8.93. The van der Waals surface area contributed by atoms with Gasteiger partial charge in [0, 0.05) is 43.0 Å². The van der Waals surface area contributed by atoms with Crippen molar-refractivity contribution in [1.82, 2.24) is 25.4 Å². The summed E-state index contributed by atoms with van der Waals surface area (Å²) in [6.07, 6.45) is 3.94. The fraction of sp³-hybridized carbons (Fsp3) is 0.591. The smallest absolute Gasteiger partial charge is 0.191 e. The van der Waals surface area contributed by atoms with Crippen LogP contribution in [-0.4, -0.2) is 46.5 Å². The highest BCUT2D eigenvalue weighted by Crippen LogP contribution is 2.35. The fourth-order valence-electron chi connectivity index (χ4n) is 4.10. The molecule has 0 saturated carbocycles. The van der Waals surface area contributed by atoms with Crippen LogP contribution >= 0.6 is 0 Å². The summed E-state index contributed by atoms with van der Waals surface area (Å²) < 4.78 is 13.6. The van der Waals surface area contributed by atoms with E-state index in [2.05, 4.69) is 53.6 Å². The number of methoxy groups -OCH3 is 1. The standard InChI is InChI=1S/C22H32N6O2/c1-5-20-26-21-8-7-17(13-28(21)27-20)25-22(23-6-2)24-12-16-11-19-15(9-14(3)30-19)10-18(16)29-4/h10-11,14,17H,5-9,12-13H2,1-4H3,(H2,23,24,25). The summed E-state index contributed by atoms with van der Waals surface area (Å²) in [6.45, 7) is 8.38. The lowest BCUT2D eigenvalue weighted by Gasteiger charge is -2.25. The van der Waals surface area contributed by atoms with E-state index >= 15 is 0 Å². The first-order valence-corrected chi connectivity index (χ1v) is 10.9. The van der Waals surface area contributed by atoms with E-state index in [1.807, 2.05) is 4.68 Å². The van der Waals surface area contributed by atoms with E-state index in [4.69, 9.17) is 14.5 Å². The number of aliphatic imine (C=N–C) groups is 1. The second-order valence-corrected chi connectivity index (χ2v) is 7.96. The lowest BCUT2D eigenvalue weighted by Crippen LogP contribution is -2.47. The van der Waals surface area contributed by atoms with E-state index in [1.165, 1.54) is 5.56 Å². The number of hydrogen-bond acceptors (Lipinski definition) is 5. The van der Waals surface area contributed by atoms with Crippen molar-refractivity contribution < 1.29 is 9.47 Å². The van der Waals surface area contributed by atoms with Crippen LogP contribution in [0.25, 0.3) is 0 Å². The molecule has 3 heterocycles. The Kier molecular flexibility index (Phi) is 6.11. The van der Waals surface area contributed by atoms with Crippen molar-refractivity contribution in [3.05, 3.63) is 34.9 Å². The third-order valence-corrected chi connectivity index (χ3v) is 5.61. The largest absolute Gasteiger partial charge is 0.496 e. The van der Waals surface area contributed by atoms with Crippen molar-refractivity contribution in [3.8, 4) is 11.5 Å². The molecule has 2 aliphatic heterocycles. The highest BCUT2D eigenvalue weighted by atomic mass is 16.5. The number of aromatic nitrogens is 3. The molecule has 0 fully saturated rings. The maximum atomic E-state index is 5.92. The highest BCUT2D eigenvalue weighted by Gasteiger charge is 2.23. The van der Waals surface area contributed by atoms with Crippen LogP contribution < -0.4 is 20.1 Å². The molecule has 0 spiro atoms. The van der Waals surface area contributed by atoms with Gasteiger partial charge in [-0.15, -0.1) is 0 Å². The van der Waals surface area contributed by atoms with Gasteiger partial charge in [0.1, 0.15) is 23.4 Å². The summed E-state index contributed by atoms with van der Waals surface area (Å²) >= 11 is 0. The van der Waals surface area contributed by atoms with Crippen molar-refractivity contribution in [2.24, 2.45) is 4.99 Å². The lowest BCUT2D eigenvalue weighted by molar-refractivity contribution is 0.254. The second-order valence-electron chi connectivity index (χ2n) is 7.96. The number of guanidine groups is 1. The Bertz CT molecular complexity index is 923. The van der Waals surface area contributed by atoms with Crippen molar-refractivity contribution >= 4 is 5.96 Å². The lowest BCUT2D eigenvalue weighted by atomic mass is 10.1. The quantitative estimate of drug-likeness (QED) is 0.559. The number of hydrogen-bond donors (Lipinski definition) is 2. The van der Waals surface area contributed by atoms with E-state index in [1.54, 1.807) is 7.11 Å². The molecule has 8 heteroatoms. The van der Waals surface area contributed by atoms with Crippen molar-refractivity contribution in [2.75, 3.05) is 13.7 Å². The zero-order valence-corrected chi connectivity index (χ0v) is 18.4. The van der Waals surface area contributed by atoms with Crippen LogP contribution in [0.1, 0.15) is 50.0 Å². The normalized spacial score (nSPS) is 20.3. The summed E-state index contributed by atoms with van der Waals surface area (Å²) in [6, 6.07) is 4.43. The summed E-state index contributed by atoms with van der Waals surface area (Å²) in [7, 11) is 1.71. The van der Waals surface area contributed by atoms with Gasteiger partial charge in [0.05, 0.1) is 20.2 Å². The average Bonchev–Trinajstić information content (AvgIpc) is 3.32. The van der Waals surface area contributed by atoms with E-state index in [-0.39, 0.29) is 12.1 Å². The number of fused-ring (bicyclic) bond motifs is 2. The Balaban J connectivity index is 1.46. The monoisotopic (exact) mass is 412 g/mol. The Morgan fingerprint density at radius 1 is 1.37 bits per heavy atom. The Labute approximate surface area is 178 Å². The Morgan fingerprint density at radius 3 is 3.00 bits per heavy atom. The van der Waals surface area contributed by atoms with Crippen LogP contribution in [0.15, 0.2) is 17.1 Å². The molecule has 162 valence electrons. The highest BCUT2D eigenvalue weighted by molar-refractivity contribution is 5.80. The first kappa shape index (κ1) is 20.5. The van der Waals surface area contributed by atoms with Gasteiger partial charge in [0.2, 0.25) is 0 Å². The molecule has 2 N–H and O–H groups in total. The van der Waals surface area contributed by atoms with Gasteiger partial charge in [-0.05, 0) is 32.4 Å². The molecule has 30 heavy (non-hydrogen) atoms. The molecule has 2 aliphatic rings. The maximum Gasteiger partial charge on any atom is 0.191 e. The average molecular weight is 413 g/mol. The molecule has 0 aliphatic carbocycles. The van der Waals surface area contributed by atoms with Crippen LogP contribution in [-0.2, 0) is 32.4 Å². The van der Waals surface area contributed by atoms with E-state index in [9.17, 15) is 0 Å². The molecule has 1 aromatic carbocycles. The van der Waals surface area contributed by atoms with Crippen molar-refractivity contribution in [2.45, 2.75) is 71.7 Å². The Morgan fingerprint density at radius 2 is 2.23 bits per heavy atom. The fourth-order valence-corrected chi connectivity index (χ4v) is 4.10. The predicted molar refractivity (Wildman–Crippen MR) is 116 cm³/mol. The van der Waals surface area contributed by atoms with Gasteiger partial charge in [-0.3, -0.25) is 0 Å². The number of aryl methyl sites for hydroxylation is 2. The first-order chi connectivity index (χ1) is 14.6. The number of nitrogens with one attached hydrogen (secondary N) is 2. The number of rotatable bonds is 6. The molecule has 2 aromatic rings. The molecular weight excluding hydrogens is 380 g/mol. The van der Waals surface area contributed by atoms with Gasteiger partial charge in [-0.1, -0.05) is 6.92 Å². The van der Waals surface area contributed by atoms with E-state index in [0.29, 0.717) is 6.54 Å². The number of benzene rings is 1. The minimum atomic E-state index is 0.212. The van der Waals surface area contributed by atoms with Crippen LogP contribution in [0.5, 0.6) is 11.5 Å². The first-order valence-electron chi connectivity index (χ1n) is 10.9. The van der Waals surface area contributed by atoms with Crippen molar-refractivity contribution in [1.29, 1.82) is 0 Å². The molecular formula is C22H32N6O2. The van der Waals surface area contributed by atoms with Crippen molar-refractivity contribution in [3.63, 3.8) is 0 Å². The summed E-state index contributed by atoms with van der Waals surface area (Å²) in [5.41, 5.74) is 2.23. The van der Waals surface area contributed by atoms with Crippen LogP contribution in [0.4, 0.5) is 0 Å². The van der Waals surface area contributed by atoms with Gasteiger partial charge in [-0.2, -0.15) is 5.10 Å². The molecule has 4 rings (SSSR count). The van der Waals surface area contributed by atoms with Crippen LogP contribution in [0.2, 0.25) is 0 Å². The minimum Gasteiger partial charge on any atom is -0.496 e. The number of nitrogens with zero attached hydrogens (tertiary/aromatic N) is 4. The van der Waals surface area contributed by atoms with Gasteiger partial charge in [0.25, 0.3) is 0 Å². The van der Waals surface area contributed by atoms with Crippen LogP contribution in [0, 0.1) is 0 Å². The summed E-state index contributed by atoms with van der Waals surface area (Å²) in [4.78, 5) is 9.42. The summed E-state index contributed by atoms with van der Waals surface area (Å²) in [5, 5.41) is 11.5. The van der Waals surface area contributed by atoms with Gasteiger partial charge >= 0.3 is 0 Å². The van der Waals surface area contributed by atoms with E-state index < -0.39 is 0 Å². The molecule has 0 radical (unpaired) electrons. The zero-order valence-electron chi connectivity index (χ0n) is 18.4. The molecule has 0 amide bonds. The topological polar surface area (TPSA) is 85.6 Å². The van der Waals surface area contributed by atoms with Crippen LogP contribution in [0.3, 0.4) is 0 Å². The summed E-state index contributed by atoms with van der Waals surface area (Å²) in [5.74, 6) is 4.63. The van der Waals surface area contributed by atoms with Gasteiger partial charge in [-0.25, -0.2) is 14.7 Å². The third kappa shape index (κ3) is 4.37. The Hall–Kier alpha value is -2.77. The predicted octanol–water partition coefficient (Wildman–Crippen LogP) is 2.24. The molecule has 1 aromatic heterocycles. The molecule has 2 unspecified atom stereocenters. The molecule has 8 nitrogen and oxygen atoms in total. The maximum absolute atomic E-state index is 5.92.